The van der Waals surface area contributed by atoms with E-state index >= 15 is 0 Å². The molecule has 0 N–H and O–H groups in total. The highest BCUT2D eigenvalue weighted by Crippen LogP contribution is 2.25. The highest BCUT2D eigenvalue weighted by molar-refractivity contribution is 7.86. The van der Waals surface area contributed by atoms with Gasteiger partial charge in [0.1, 0.15) is 11.1 Å². The van der Waals surface area contributed by atoms with E-state index in [0.29, 0.717) is 36.8 Å². The predicted octanol–water partition coefficient (Wildman–Crippen LogP) is 1.38. The molecule has 1 aliphatic rings. The Labute approximate surface area is 124 Å². The zero-order valence-electron chi connectivity index (χ0n) is 11.5. The van der Waals surface area contributed by atoms with Gasteiger partial charge in [-0.3, -0.25) is 0 Å². The lowest BCUT2D eigenvalue weighted by atomic mass is 10.1. The topological polar surface area (TPSA) is 62.7 Å². The van der Waals surface area contributed by atoms with Crippen LogP contribution in [-0.4, -0.2) is 55.3 Å². The fraction of sp³-hybridized carbons (Fsp3) is 0.583. The van der Waals surface area contributed by atoms with E-state index in [2.05, 4.69) is 4.98 Å². The summed E-state index contributed by atoms with van der Waals surface area (Å²) < 4.78 is 32.4. The molecule has 1 aromatic rings. The smallest absolute Gasteiger partial charge is 0.281 e. The van der Waals surface area contributed by atoms with Crippen LogP contribution in [-0.2, 0) is 10.2 Å². The summed E-state index contributed by atoms with van der Waals surface area (Å²) in [6, 6.07) is 3.46. The fourth-order valence-electron chi connectivity index (χ4n) is 2.03. The van der Waals surface area contributed by atoms with Gasteiger partial charge in [0, 0.05) is 33.4 Å². The number of rotatable bonds is 4. The quantitative estimate of drug-likeness (QED) is 0.841. The Morgan fingerprint density at radius 3 is 2.60 bits per heavy atom. The third kappa shape index (κ3) is 3.41. The predicted molar refractivity (Wildman–Crippen MR) is 77.1 cm³/mol. The number of hydrogen-bond donors (Lipinski definition) is 0. The molecule has 0 spiro atoms. The summed E-state index contributed by atoms with van der Waals surface area (Å²) in [4.78, 5) is 4.07. The van der Waals surface area contributed by atoms with E-state index in [9.17, 15) is 8.42 Å². The van der Waals surface area contributed by atoms with Crippen molar-refractivity contribution < 1.29 is 13.2 Å². The number of piperidine rings is 1. The molecule has 1 saturated heterocycles. The van der Waals surface area contributed by atoms with Gasteiger partial charge in [-0.15, -0.1) is 0 Å². The number of ether oxygens (including phenoxy) is 1. The molecule has 0 aromatic carbocycles. The molecule has 0 unspecified atom stereocenters. The Morgan fingerprint density at radius 1 is 1.40 bits per heavy atom. The Bertz CT molecular complexity index is 557. The largest absolute Gasteiger partial charge is 0.473 e. The van der Waals surface area contributed by atoms with E-state index < -0.39 is 10.2 Å². The second kappa shape index (κ2) is 6.26. The van der Waals surface area contributed by atoms with Crippen molar-refractivity contribution in [3.8, 4) is 5.88 Å². The molecule has 8 heteroatoms. The second-order valence-electron chi connectivity index (χ2n) is 4.80. The van der Waals surface area contributed by atoms with Gasteiger partial charge in [0.25, 0.3) is 10.2 Å². The number of aromatic nitrogens is 1. The number of halogens is 1. The van der Waals surface area contributed by atoms with Crippen LogP contribution in [0.5, 0.6) is 5.88 Å². The molecule has 112 valence electrons. The average molecular weight is 320 g/mol. The van der Waals surface area contributed by atoms with Gasteiger partial charge in [0.2, 0.25) is 5.88 Å². The van der Waals surface area contributed by atoms with Gasteiger partial charge in [0.15, 0.2) is 0 Å². The van der Waals surface area contributed by atoms with Crippen LogP contribution in [0.3, 0.4) is 0 Å². The van der Waals surface area contributed by atoms with E-state index in [-0.39, 0.29) is 6.10 Å². The summed E-state index contributed by atoms with van der Waals surface area (Å²) in [6.45, 7) is 0.880. The fourth-order valence-corrected chi connectivity index (χ4v) is 3.33. The summed E-state index contributed by atoms with van der Waals surface area (Å²) in [7, 11) is -0.268. The van der Waals surface area contributed by atoms with Crippen LogP contribution in [0.25, 0.3) is 0 Å². The first-order valence-electron chi connectivity index (χ1n) is 6.36. The van der Waals surface area contributed by atoms with Crippen molar-refractivity contribution in [1.82, 2.24) is 13.6 Å². The molecule has 2 heterocycles. The van der Waals surface area contributed by atoms with Crippen molar-refractivity contribution in [2.24, 2.45) is 0 Å². The van der Waals surface area contributed by atoms with Crippen LogP contribution in [0.4, 0.5) is 0 Å². The minimum Gasteiger partial charge on any atom is -0.473 e. The van der Waals surface area contributed by atoms with Crippen molar-refractivity contribution in [3.63, 3.8) is 0 Å². The van der Waals surface area contributed by atoms with E-state index in [0.717, 1.165) is 0 Å². The molecule has 6 nitrogen and oxygen atoms in total. The maximum atomic E-state index is 12.0. The van der Waals surface area contributed by atoms with Crippen LogP contribution in [0.15, 0.2) is 18.3 Å². The van der Waals surface area contributed by atoms with Crippen molar-refractivity contribution in [2.75, 3.05) is 27.2 Å². The van der Waals surface area contributed by atoms with Gasteiger partial charge >= 0.3 is 0 Å². The van der Waals surface area contributed by atoms with Gasteiger partial charge in [-0.2, -0.15) is 17.0 Å². The summed E-state index contributed by atoms with van der Waals surface area (Å²) in [6.07, 6.45) is 2.81. The van der Waals surface area contributed by atoms with Crippen LogP contribution in [0, 0.1) is 0 Å². The molecule has 1 fully saturated rings. The highest BCUT2D eigenvalue weighted by Gasteiger charge is 2.30. The zero-order valence-corrected chi connectivity index (χ0v) is 13.1. The SMILES string of the molecule is CN(C)S(=O)(=O)N1CCC(Oc2ncccc2Cl)CC1. The van der Waals surface area contributed by atoms with Gasteiger partial charge in [-0.1, -0.05) is 11.6 Å². The Morgan fingerprint density at radius 2 is 2.05 bits per heavy atom. The van der Waals surface area contributed by atoms with Crippen molar-refractivity contribution in [2.45, 2.75) is 18.9 Å². The molecular weight excluding hydrogens is 302 g/mol. The summed E-state index contributed by atoms with van der Waals surface area (Å²) in [5.74, 6) is 0.406. The monoisotopic (exact) mass is 319 g/mol. The maximum Gasteiger partial charge on any atom is 0.281 e. The third-order valence-electron chi connectivity index (χ3n) is 3.19. The molecule has 0 aliphatic carbocycles. The highest BCUT2D eigenvalue weighted by atomic mass is 35.5. The van der Waals surface area contributed by atoms with Crippen molar-refractivity contribution >= 4 is 21.8 Å². The summed E-state index contributed by atoms with van der Waals surface area (Å²) in [5.41, 5.74) is 0. The van der Waals surface area contributed by atoms with Crippen molar-refractivity contribution in [3.05, 3.63) is 23.4 Å². The minimum atomic E-state index is -3.33. The van der Waals surface area contributed by atoms with E-state index in [1.54, 1.807) is 18.3 Å². The molecule has 2 rings (SSSR count). The van der Waals surface area contributed by atoms with Crippen LogP contribution < -0.4 is 4.74 Å². The molecule has 0 amide bonds. The lowest BCUT2D eigenvalue weighted by Crippen LogP contribution is -2.46. The zero-order chi connectivity index (χ0) is 14.8. The van der Waals surface area contributed by atoms with Gasteiger partial charge in [-0.25, -0.2) is 4.98 Å². The summed E-state index contributed by atoms with van der Waals surface area (Å²) in [5, 5.41) is 0.468. The molecule has 0 saturated carbocycles. The van der Waals surface area contributed by atoms with Crippen molar-refractivity contribution in [1.29, 1.82) is 0 Å². The minimum absolute atomic E-state index is 0.0592. The Kier molecular flexibility index (Phi) is 4.85. The first kappa shape index (κ1) is 15.5. The summed E-state index contributed by atoms with van der Waals surface area (Å²) >= 11 is 5.99. The normalized spacial score (nSPS) is 18.4. The van der Waals surface area contributed by atoms with Crippen LogP contribution in [0.1, 0.15) is 12.8 Å². The molecule has 0 radical (unpaired) electrons. The average Bonchev–Trinajstić information content (AvgIpc) is 2.42. The van der Waals surface area contributed by atoms with Crippen LogP contribution >= 0.6 is 11.6 Å². The lowest BCUT2D eigenvalue weighted by Gasteiger charge is -2.32. The Balaban J connectivity index is 1.94. The van der Waals surface area contributed by atoms with Gasteiger partial charge < -0.3 is 4.74 Å². The molecule has 0 atom stereocenters. The van der Waals surface area contributed by atoms with Gasteiger partial charge in [0.05, 0.1) is 0 Å². The standard InChI is InChI=1S/C12H18ClN3O3S/c1-15(2)20(17,18)16-8-5-10(6-9-16)19-12-11(13)4-3-7-14-12/h3-4,7,10H,5-6,8-9H2,1-2H3. The third-order valence-corrected chi connectivity index (χ3v) is 5.42. The molecule has 1 aliphatic heterocycles. The maximum absolute atomic E-state index is 12.0. The van der Waals surface area contributed by atoms with E-state index in [1.807, 2.05) is 0 Å². The van der Waals surface area contributed by atoms with Gasteiger partial charge in [-0.05, 0) is 25.0 Å². The van der Waals surface area contributed by atoms with Crippen LogP contribution in [0.2, 0.25) is 5.02 Å². The molecule has 1 aromatic heterocycles. The second-order valence-corrected chi connectivity index (χ2v) is 7.35. The Hall–Kier alpha value is -0.890. The van der Waals surface area contributed by atoms with E-state index in [4.69, 9.17) is 16.3 Å². The lowest BCUT2D eigenvalue weighted by molar-refractivity contribution is 0.128. The number of hydrogen-bond acceptors (Lipinski definition) is 4. The van der Waals surface area contributed by atoms with E-state index in [1.165, 1.54) is 22.7 Å². The molecule has 0 bridgehead atoms. The number of nitrogens with zero attached hydrogens (tertiary/aromatic N) is 3. The molecular formula is C12H18ClN3O3S. The first-order valence-corrected chi connectivity index (χ1v) is 8.13. The molecule has 20 heavy (non-hydrogen) atoms. The first-order chi connectivity index (χ1) is 9.41. The number of pyridine rings is 1.